The maximum absolute atomic E-state index is 12.9. The Balaban J connectivity index is 2.09. The van der Waals surface area contributed by atoms with E-state index in [-0.39, 0.29) is 11.6 Å². The molecule has 0 aliphatic rings. The number of ether oxygens (including phenoxy) is 2. The molecule has 19 heavy (non-hydrogen) atoms. The van der Waals surface area contributed by atoms with Crippen LogP contribution in [0.3, 0.4) is 0 Å². The molecule has 0 aromatic heterocycles. The average molecular weight is 277 g/mol. The van der Waals surface area contributed by atoms with Crippen LogP contribution >= 0.6 is 11.6 Å². The fourth-order valence-electron chi connectivity index (χ4n) is 1.41. The third-order valence-corrected chi connectivity index (χ3v) is 2.56. The molecule has 2 rings (SSSR count). The van der Waals surface area contributed by atoms with E-state index >= 15 is 0 Å². The van der Waals surface area contributed by atoms with Gasteiger partial charge in [-0.15, -0.1) is 6.42 Å². The lowest BCUT2D eigenvalue weighted by Crippen LogP contribution is -1.93. The second-order valence-corrected chi connectivity index (χ2v) is 4.05. The Hall–Kier alpha value is -2.18. The van der Waals surface area contributed by atoms with Crippen LogP contribution in [0.15, 0.2) is 42.5 Å². The first-order chi connectivity index (χ1) is 9.19. The summed E-state index contributed by atoms with van der Waals surface area (Å²) in [6.07, 6.45) is 5.09. The van der Waals surface area contributed by atoms with E-state index in [0.29, 0.717) is 17.2 Å². The topological polar surface area (TPSA) is 18.5 Å². The van der Waals surface area contributed by atoms with E-state index in [1.165, 1.54) is 18.2 Å². The summed E-state index contributed by atoms with van der Waals surface area (Å²) in [7, 11) is 0. The van der Waals surface area contributed by atoms with Gasteiger partial charge in [0.25, 0.3) is 0 Å². The van der Waals surface area contributed by atoms with Gasteiger partial charge in [-0.2, -0.15) is 0 Å². The predicted octanol–water partition coefficient (Wildman–Crippen LogP) is 4.28. The SMILES string of the molecule is C#CCOc1ccc(Oc2ccc(F)cc2Cl)cc1. The molecule has 4 heteroatoms. The third-order valence-electron chi connectivity index (χ3n) is 2.27. The summed E-state index contributed by atoms with van der Waals surface area (Å²) in [6, 6.07) is 10.8. The molecule has 0 fully saturated rings. The van der Waals surface area contributed by atoms with Crippen molar-refractivity contribution in [3.63, 3.8) is 0 Å². The number of terminal acetylenes is 1. The Morgan fingerprint density at radius 1 is 1.11 bits per heavy atom. The van der Waals surface area contributed by atoms with Gasteiger partial charge in [-0.25, -0.2) is 4.39 Å². The molecule has 0 unspecified atom stereocenters. The largest absolute Gasteiger partial charge is 0.481 e. The summed E-state index contributed by atoms with van der Waals surface area (Å²) in [5.74, 6) is 3.58. The molecule has 2 aromatic carbocycles. The van der Waals surface area contributed by atoms with Crippen molar-refractivity contribution in [3.8, 4) is 29.6 Å². The summed E-state index contributed by atoms with van der Waals surface area (Å²) in [6.45, 7) is 0.212. The van der Waals surface area contributed by atoms with E-state index in [1.807, 2.05) is 0 Å². The van der Waals surface area contributed by atoms with Gasteiger partial charge in [0.15, 0.2) is 0 Å². The molecule has 0 spiro atoms. The minimum absolute atomic E-state index is 0.212. The van der Waals surface area contributed by atoms with Crippen LogP contribution in [-0.2, 0) is 0 Å². The highest BCUT2D eigenvalue weighted by atomic mass is 35.5. The van der Waals surface area contributed by atoms with Gasteiger partial charge in [0.1, 0.15) is 29.7 Å². The van der Waals surface area contributed by atoms with Crippen molar-refractivity contribution in [2.75, 3.05) is 6.61 Å². The highest BCUT2D eigenvalue weighted by Crippen LogP contribution is 2.30. The van der Waals surface area contributed by atoms with Crippen molar-refractivity contribution < 1.29 is 13.9 Å². The van der Waals surface area contributed by atoms with Crippen LogP contribution in [0.1, 0.15) is 0 Å². The predicted molar refractivity (Wildman–Crippen MR) is 72.3 cm³/mol. The van der Waals surface area contributed by atoms with Crippen molar-refractivity contribution in [1.29, 1.82) is 0 Å². The molecule has 0 atom stereocenters. The molecular formula is C15H10ClFO2. The standard InChI is InChI=1S/C15H10ClFO2/c1-2-9-18-12-4-6-13(7-5-12)19-15-8-3-11(17)10-14(15)16/h1,3-8,10H,9H2. The van der Waals surface area contributed by atoms with Gasteiger partial charge < -0.3 is 9.47 Å². The highest BCUT2D eigenvalue weighted by molar-refractivity contribution is 6.32. The quantitative estimate of drug-likeness (QED) is 0.776. The van der Waals surface area contributed by atoms with Crippen molar-refractivity contribution in [3.05, 3.63) is 53.3 Å². The van der Waals surface area contributed by atoms with E-state index in [2.05, 4.69) is 5.92 Å². The van der Waals surface area contributed by atoms with Gasteiger partial charge in [0.2, 0.25) is 0 Å². The molecule has 2 nitrogen and oxygen atoms in total. The number of hydrogen-bond acceptors (Lipinski definition) is 2. The fraction of sp³-hybridized carbons (Fsp3) is 0.0667. The molecule has 0 amide bonds. The van der Waals surface area contributed by atoms with Crippen LogP contribution in [0.2, 0.25) is 5.02 Å². The van der Waals surface area contributed by atoms with Crippen LogP contribution < -0.4 is 9.47 Å². The van der Waals surface area contributed by atoms with Crippen molar-refractivity contribution in [1.82, 2.24) is 0 Å². The molecule has 0 radical (unpaired) electrons. The van der Waals surface area contributed by atoms with Gasteiger partial charge >= 0.3 is 0 Å². The Kier molecular flexibility index (Phi) is 4.27. The fourth-order valence-corrected chi connectivity index (χ4v) is 1.62. The van der Waals surface area contributed by atoms with Crippen LogP contribution in [-0.4, -0.2) is 6.61 Å². The van der Waals surface area contributed by atoms with E-state index < -0.39 is 5.82 Å². The van der Waals surface area contributed by atoms with Gasteiger partial charge in [-0.1, -0.05) is 17.5 Å². The Labute approximate surface area is 115 Å². The maximum Gasteiger partial charge on any atom is 0.148 e. The summed E-state index contributed by atoms with van der Waals surface area (Å²) >= 11 is 5.87. The molecule has 0 saturated heterocycles. The Morgan fingerprint density at radius 2 is 1.79 bits per heavy atom. The second-order valence-electron chi connectivity index (χ2n) is 3.64. The van der Waals surface area contributed by atoms with Crippen LogP contribution in [0.4, 0.5) is 4.39 Å². The monoisotopic (exact) mass is 276 g/mol. The van der Waals surface area contributed by atoms with Gasteiger partial charge in [0, 0.05) is 0 Å². The number of hydrogen-bond donors (Lipinski definition) is 0. The number of benzene rings is 2. The summed E-state index contributed by atoms with van der Waals surface area (Å²) in [4.78, 5) is 0. The first-order valence-corrected chi connectivity index (χ1v) is 5.86. The molecule has 96 valence electrons. The lowest BCUT2D eigenvalue weighted by atomic mass is 10.3. The zero-order chi connectivity index (χ0) is 13.7. The molecule has 2 aromatic rings. The summed E-state index contributed by atoms with van der Waals surface area (Å²) < 4.78 is 23.6. The van der Waals surface area contributed by atoms with Crippen molar-refractivity contribution in [2.24, 2.45) is 0 Å². The first-order valence-electron chi connectivity index (χ1n) is 5.48. The summed E-state index contributed by atoms with van der Waals surface area (Å²) in [5.41, 5.74) is 0. The Bertz CT molecular complexity index is 603. The molecular weight excluding hydrogens is 267 g/mol. The zero-order valence-electron chi connectivity index (χ0n) is 9.90. The second kappa shape index (κ2) is 6.12. The molecule has 0 aliphatic carbocycles. The molecule has 0 saturated carbocycles. The van der Waals surface area contributed by atoms with Gasteiger partial charge in [-0.3, -0.25) is 0 Å². The Morgan fingerprint density at radius 3 is 2.42 bits per heavy atom. The van der Waals surface area contributed by atoms with E-state index in [9.17, 15) is 4.39 Å². The minimum atomic E-state index is -0.407. The molecule has 0 heterocycles. The lowest BCUT2D eigenvalue weighted by molar-refractivity contribution is 0.369. The number of halogens is 2. The van der Waals surface area contributed by atoms with Crippen LogP contribution in [0.5, 0.6) is 17.2 Å². The van der Waals surface area contributed by atoms with Gasteiger partial charge in [-0.05, 0) is 42.5 Å². The minimum Gasteiger partial charge on any atom is -0.481 e. The zero-order valence-corrected chi connectivity index (χ0v) is 10.7. The number of rotatable bonds is 4. The van der Waals surface area contributed by atoms with Crippen LogP contribution in [0, 0.1) is 18.2 Å². The average Bonchev–Trinajstić information content (AvgIpc) is 2.41. The molecule has 0 bridgehead atoms. The summed E-state index contributed by atoms with van der Waals surface area (Å²) in [5, 5.41) is 0.215. The molecule has 0 aliphatic heterocycles. The van der Waals surface area contributed by atoms with E-state index in [1.54, 1.807) is 24.3 Å². The lowest BCUT2D eigenvalue weighted by Gasteiger charge is -2.08. The first kappa shape index (κ1) is 13.3. The van der Waals surface area contributed by atoms with E-state index in [4.69, 9.17) is 27.5 Å². The van der Waals surface area contributed by atoms with Crippen molar-refractivity contribution >= 4 is 11.6 Å². The normalized spacial score (nSPS) is 9.74. The highest BCUT2D eigenvalue weighted by Gasteiger charge is 2.04. The maximum atomic E-state index is 12.9. The van der Waals surface area contributed by atoms with Crippen LogP contribution in [0.25, 0.3) is 0 Å². The van der Waals surface area contributed by atoms with Gasteiger partial charge in [0.05, 0.1) is 5.02 Å². The smallest absolute Gasteiger partial charge is 0.148 e. The third kappa shape index (κ3) is 3.64. The van der Waals surface area contributed by atoms with E-state index in [0.717, 1.165) is 0 Å². The molecule has 0 N–H and O–H groups in total. The van der Waals surface area contributed by atoms with Crippen molar-refractivity contribution in [2.45, 2.75) is 0 Å².